The van der Waals surface area contributed by atoms with E-state index in [4.69, 9.17) is 5.11 Å². The molecule has 0 saturated carbocycles. The lowest BCUT2D eigenvalue weighted by atomic mass is 10.1. The van der Waals surface area contributed by atoms with Gasteiger partial charge in [0.1, 0.15) is 0 Å². The van der Waals surface area contributed by atoms with Crippen molar-refractivity contribution in [3.05, 3.63) is 34.3 Å². The van der Waals surface area contributed by atoms with Gasteiger partial charge in [-0.25, -0.2) is 4.79 Å². The molecule has 2 N–H and O–H groups in total. The van der Waals surface area contributed by atoms with E-state index in [0.717, 1.165) is 21.8 Å². The summed E-state index contributed by atoms with van der Waals surface area (Å²) < 4.78 is 0.864. The largest absolute Gasteiger partial charge is 0.478 e. The summed E-state index contributed by atoms with van der Waals surface area (Å²) in [4.78, 5) is 24.0. The smallest absolute Gasteiger partial charge is 0.328 e. The van der Waals surface area contributed by atoms with Crippen molar-refractivity contribution in [2.24, 2.45) is 0 Å². The van der Waals surface area contributed by atoms with Gasteiger partial charge in [-0.05, 0) is 29.8 Å². The fourth-order valence-electron chi connectivity index (χ4n) is 1.95. The monoisotopic (exact) mass is 324 g/mol. The molecule has 1 saturated heterocycles. The average Bonchev–Trinajstić information content (AvgIpc) is 2.36. The summed E-state index contributed by atoms with van der Waals surface area (Å²) in [6.07, 6.45) is 2.63. The number of nitrogens with zero attached hydrogens (tertiary/aromatic N) is 1. The minimum absolute atomic E-state index is 0.0256. The number of carbonyl (C=O) groups excluding carboxylic acids is 1. The summed E-state index contributed by atoms with van der Waals surface area (Å²) in [7, 11) is 0. The molecule has 5 nitrogen and oxygen atoms in total. The number of anilines is 1. The Labute approximate surface area is 119 Å². The average molecular weight is 325 g/mol. The summed E-state index contributed by atoms with van der Waals surface area (Å²) in [5, 5.41) is 11.5. The molecule has 1 amide bonds. The third-order valence-corrected chi connectivity index (χ3v) is 3.27. The molecular weight excluding hydrogens is 312 g/mol. The van der Waals surface area contributed by atoms with Crippen molar-refractivity contribution in [1.82, 2.24) is 5.32 Å². The molecule has 1 heterocycles. The Morgan fingerprint density at radius 1 is 1.47 bits per heavy atom. The highest BCUT2D eigenvalue weighted by Crippen LogP contribution is 2.26. The first-order valence-electron chi connectivity index (χ1n) is 5.78. The summed E-state index contributed by atoms with van der Waals surface area (Å²) in [6.45, 7) is 1.59. The number of piperazine rings is 1. The van der Waals surface area contributed by atoms with Crippen LogP contribution in [0.1, 0.15) is 5.56 Å². The van der Waals surface area contributed by atoms with E-state index in [9.17, 15) is 9.59 Å². The van der Waals surface area contributed by atoms with Crippen LogP contribution in [0.3, 0.4) is 0 Å². The quantitative estimate of drug-likeness (QED) is 0.826. The van der Waals surface area contributed by atoms with Crippen molar-refractivity contribution in [2.75, 3.05) is 24.5 Å². The number of carbonyl (C=O) groups is 2. The third-order valence-electron chi connectivity index (χ3n) is 2.77. The van der Waals surface area contributed by atoms with Crippen molar-refractivity contribution < 1.29 is 14.7 Å². The number of hydrogen-bond acceptors (Lipinski definition) is 3. The van der Waals surface area contributed by atoms with E-state index in [1.54, 1.807) is 0 Å². The van der Waals surface area contributed by atoms with E-state index in [-0.39, 0.29) is 12.5 Å². The maximum absolute atomic E-state index is 11.4. The second kappa shape index (κ2) is 5.88. The number of halogens is 1. The van der Waals surface area contributed by atoms with Gasteiger partial charge < -0.3 is 15.3 Å². The highest BCUT2D eigenvalue weighted by molar-refractivity contribution is 9.10. The Hall–Kier alpha value is -1.82. The highest BCUT2D eigenvalue weighted by atomic mass is 79.9. The fourth-order valence-corrected chi connectivity index (χ4v) is 2.33. The SMILES string of the molecule is O=C(O)/C=C/c1cc(Br)ccc1N1CCNC(=O)C1. The van der Waals surface area contributed by atoms with Gasteiger partial charge in [0, 0.05) is 29.3 Å². The number of aliphatic carboxylic acids is 1. The van der Waals surface area contributed by atoms with Gasteiger partial charge >= 0.3 is 5.97 Å². The third kappa shape index (κ3) is 3.57. The van der Waals surface area contributed by atoms with Crippen LogP contribution in [0.4, 0.5) is 5.69 Å². The maximum atomic E-state index is 11.4. The van der Waals surface area contributed by atoms with Crippen LogP contribution in [-0.2, 0) is 9.59 Å². The van der Waals surface area contributed by atoms with E-state index < -0.39 is 5.97 Å². The zero-order valence-corrected chi connectivity index (χ0v) is 11.7. The summed E-state index contributed by atoms with van der Waals surface area (Å²) >= 11 is 3.36. The number of amides is 1. The Kier molecular flexibility index (Phi) is 4.21. The first-order valence-corrected chi connectivity index (χ1v) is 6.58. The van der Waals surface area contributed by atoms with E-state index in [1.165, 1.54) is 6.08 Å². The second-order valence-electron chi connectivity index (χ2n) is 4.15. The number of benzene rings is 1. The molecule has 1 fully saturated rings. The predicted octanol–water partition coefficient (Wildman–Crippen LogP) is 1.48. The molecular formula is C13H13BrN2O3. The molecule has 6 heteroatoms. The van der Waals surface area contributed by atoms with Crippen LogP contribution in [0, 0.1) is 0 Å². The van der Waals surface area contributed by atoms with Crippen LogP contribution in [0.5, 0.6) is 0 Å². The van der Waals surface area contributed by atoms with Gasteiger partial charge in [-0.15, -0.1) is 0 Å². The minimum atomic E-state index is -0.998. The Morgan fingerprint density at radius 3 is 2.95 bits per heavy atom. The molecule has 0 aromatic heterocycles. The Balaban J connectivity index is 2.33. The molecule has 2 rings (SSSR count). The van der Waals surface area contributed by atoms with Crippen LogP contribution in [-0.4, -0.2) is 36.6 Å². The van der Waals surface area contributed by atoms with Crippen LogP contribution < -0.4 is 10.2 Å². The lowest BCUT2D eigenvalue weighted by molar-refractivity contribution is -0.131. The number of nitrogens with one attached hydrogen (secondary N) is 1. The summed E-state index contributed by atoms with van der Waals surface area (Å²) in [5.74, 6) is -1.02. The lowest BCUT2D eigenvalue weighted by Crippen LogP contribution is -2.47. The van der Waals surface area contributed by atoms with E-state index in [2.05, 4.69) is 21.2 Å². The van der Waals surface area contributed by atoms with Gasteiger partial charge in [0.05, 0.1) is 6.54 Å². The predicted molar refractivity (Wildman–Crippen MR) is 76.0 cm³/mol. The number of rotatable bonds is 3. The van der Waals surface area contributed by atoms with Gasteiger partial charge in [0.2, 0.25) is 5.91 Å². The topological polar surface area (TPSA) is 69.6 Å². The van der Waals surface area contributed by atoms with Gasteiger partial charge in [-0.3, -0.25) is 4.79 Å². The van der Waals surface area contributed by atoms with Crippen molar-refractivity contribution in [1.29, 1.82) is 0 Å². The molecule has 0 bridgehead atoms. The van der Waals surface area contributed by atoms with Gasteiger partial charge in [-0.1, -0.05) is 15.9 Å². The van der Waals surface area contributed by atoms with E-state index >= 15 is 0 Å². The second-order valence-corrected chi connectivity index (χ2v) is 5.06. The first-order chi connectivity index (χ1) is 9.06. The molecule has 100 valence electrons. The first kappa shape index (κ1) is 13.6. The number of carboxylic acid groups (broad SMARTS) is 1. The van der Waals surface area contributed by atoms with Gasteiger partial charge in [0.25, 0.3) is 0 Å². The molecule has 1 aromatic carbocycles. The maximum Gasteiger partial charge on any atom is 0.328 e. The van der Waals surface area contributed by atoms with Crippen molar-refractivity contribution in [3.63, 3.8) is 0 Å². The molecule has 19 heavy (non-hydrogen) atoms. The van der Waals surface area contributed by atoms with Crippen LogP contribution in [0.25, 0.3) is 6.08 Å². The molecule has 0 spiro atoms. The van der Waals surface area contributed by atoms with Crippen molar-refractivity contribution in [2.45, 2.75) is 0 Å². The van der Waals surface area contributed by atoms with Crippen molar-refractivity contribution in [3.8, 4) is 0 Å². The standard InChI is InChI=1S/C13H13BrN2O3/c14-10-2-3-11(9(7-10)1-4-13(18)19)16-6-5-15-12(17)8-16/h1-4,7H,5-6,8H2,(H,15,17)(H,18,19)/b4-1+. The zero-order valence-electron chi connectivity index (χ0n) is 10.1. The normalized spacial score (nSPS) is 15.6. The molecule has 1 aliphatic heterocycles. The van der Waals surface area contributed by atoms with Crippen LogP contribution in [0.15, 0.2) is 28.7 Å². The van der Waals surface area contributed by atoms with Gasteiger partial charge in [0.15, 0.2) is 0 Å². The lowest BCUT2D eigenvalue weighted by Gasteiger charge is -2.30. The van der Waals surface area contributed by atoms with E-state index in [0.29, 0.717) is 13.1 Å². The molecule has 1 aliphatic rings. The minimum Gasteiger partial charge on any atom is -0.478 e. The van der Waals surface area contributed by atoms with Gasteiger partial charge in [-0.2, -0.15) is 0 Å². The number of hydrogen-bond donors (Lipinski definition) is 2. The highest BCUT2D eigenvalue weighted by Gasteiger charge is 2.18. The number of carboxylic acids is 1. The Bertz CT molecular complexity index is 543. The van der Waals surface area contributed by atoms with Crippen LogP contribution >= 0.6 is 15.9 Å². The summed E-state index contributed by atoms with van der Waals surface area (Å²) in [6, 6.07) is 5.59. The molecule has 0 aliphatic carbocycles. The zero-order chi connectivity index (χ0) is 13.8. The molecule has 0 unspecified atom stereocenters. The van der Waals surface area contributed by atoms with E-state index in [1.807, 2.05) is 23.1 Å². The molecule has 0 radical (unpaired) electrons. The van der Waals surface area contributed by atoms with Crippen LogP contribution in [0.2, 0.25) is 0 Å². The Morgan fingerprint density at radius 2 is 2.26 bits per heavy atom. The molecule has 1 aromatic rings. The fraction of sp³-hybridized carbons (Fsp3) is 0.231. The summed E-state index contributed by atoms with van der Waals surface area (Å²) in [5.41, 5.74) is 1.63. The van der Waals surface area contributed by atoms with Crippen molar-refractivity contribution >= 4 is 39.6 Å². The molecule has 0 atom stereocenters.